The van der Waals surface area contributed by atoms with Gasteiger partial charge < -0.3 is 29.0 Å². The minimum atomic E-state index is -0.849. The van der Waals surface area contributed by atoms with Gasteiger partial charge in [-0.2, -0.15) is 0 Å². The van der Waals surface area contributed by atoms with Crippen LogP contribution in [0.25, 0.3) is 0 Å². The lowest BCUT2D eigenvalue weighted by atomic mass is 10.0. The highest BCUT2D eigenvalue weighted by atomic mass is 16.6. The number of carbonyl (C=O) groups is 8. The van der Waals surface area contributed by atoms with E-state index in [1.54, 1.807) is 131 Å². The highest BCUT2D eigenvalue weighted by Gasteiger charge is 2.34. The van der Waals surface area contributed by atoms with Crippen LogP contribution in [-0.2, 0) is 68.5 Å². The van der Waals surface area contributed by atoms with Crippen molar-refractivity contribution in [2.24, 2.45) is 0 Å². The van der Waals surface area contributed by atoms with Crippen LogP contribution in [0.3, 0.4) is 0 Å². The summed E-state index contributed by atoms with van der Waals surface area (Å²) in [5.74, 6) is -3.88. The third-order valence-electron chi connectivity index (χ3n) is 9.56. The van der Waals surface area contributed by atoms with Crippen molar-refractivity contribution in [3.05, 3.63) is 42.0 Å². The van der Waals surface area contributed by atoms with Gasteiger partial charge in [0.15, 0.2) is 0 Å². The second-order valence-electron chi connectivity index (χ2n) is 22.5. The Hall–Kier alpha value is -5.20. The van der Waals surface area contributed by atoms with E-state index in [4.69, 9.17) is 23.7 Å². The molecule has 1 N–H and O–H groups in total. The molecule has 1 heterocycles. The van der Waals surface area contributed by atoms with Crippen molar-refractivity contribution in [2.75, 3.05) is 57.7 Å². The lowest BCUT2D eigenvalue weighted by molar-refractivity contribution is -0.163. The van der Waals surface area contributed by atoms with Gasteiger partial charge in [-0.15, -0.1) is 0 Å². The number of hydrogen-bond acceptors (Lipinski definition) is 16. The summed E-state index contributed by atoms with van der Waals surface area (Å²) in [5.41, 5.74) is -2.87. The van der Waals surface area contributed by atoms with Crippen molar-refractivity contribution in [3.8, 4) is 0 Å². The number of esters is 5. The van der Waals surface area contributed by atoms with Crippen LogP contribution in [0.15, 0.2) is 36.4 Å². The first-order chi connectivity index (χ1) is 31.5. The van der Waals surface area contributed by atoms with Gasteiger partial charge in [0.2, 0.25) is 5.91 Å². The summed E-state index contributed by atoms with van der Waals surface area (Å²) in [4.78, 5) is 110. The number of carbonyl (C=O) groups excluding carboxylic acids is 8. The van der Waals surface area contributed by atoms with Gasteiger partial charge in [-0.3, -0.25) is 58.0 Å². The van der Waals surface area contributed by atoms with Crippen LogP contribution in [-0.4, -0.2) is 160 Å². The zero-order valence-electron chi connectivity index (χ0n) is 44.2. The van der Waals surface area contributed by atoms with E-state index in [1.807, 2.05) is 19.1 Å². The lowest BCUT2D eigenvalue weighted by Gasteiger charge is -2.38. The van der Waals surface area contributed by atoms with Gasteiger partial charge in [0.05, 0.1) is 32.7 Å². The fourth-order valence-electron chi connectivity index (χ4n) is 7.12. The topological polar surface area (TPSA) is 208 Å². The van der Waals surface area contributed by atoms with Crippen LogP contribution in [0.5, 0.6) is 0 Å². The number of nitrogens with zero attached hydrogens (tertiary/aromatic N) is 4. The highest BCUT2D eigenvalue weighted by molar-refractivity contribution is 6.12. The average Bonchev–Trinajstić information content (AvgIpc) is 3.45. The molecule has 18 nitrogen and oxygen atoms in total. The second kappa shape index (κ2) is 25.6. The van der Waals surface area contributed by atoms with Crippen molar-refractivity contribution in [3.63, 3.8) is 0 Å². The molecule has 1 aromatic rings. The Bertz CT molecular complexity index is 1890. The van der Waals surface area contributed by atoms with E-state index in [1.165, 1.54) is 12.2 Å². The van der Waals surface area contributed by atoms with Crippen molar-refractivity contribution in [2.45, 2.75) is 177 Å². The smallest absolute Gasteiger partial charge is 0.320 e. The number of benzene rings is 1. The zero-order valence-corrected chi connectivity index (χ0v) is 44.2. The predicted molar refractivity (Wildman–Crippen MR) is 261 cm³/mol. The summed E-state index contributed by atoms with van der Waals surface area (Å²) in [7, 11) is 0. The molecular formula is C51H81N5O13. The summed E-state index contributed by atoms with van der Waals surface area (Å²) in [6.45, 7) is 26.9. The monoisotopic (exact) mass is 972 g/mol. The van der Waals surface area contributed by atoms with E-state index in [0.29, 0.717) is 18.5 Å². The summed E-state index contributed by atoms with van der Waals surface area (Å²) in [6.07, 6.45) is 3.75. The first-order valence-corrected chi connectivity index (χ1v) is 23.7. The molecule has 0 spiro atoms. The molecule has 2 unspecified atom stereocenters. The molecule has 0 aromatic heterocycles. The number of unbranched alkanes of at least 4 members (excludes halogenated alkanes) is 1. The van der Waals surface area contributed by atoms with Crippen LogP contribution in [0.2, 0.25) is 0 Å². The Balaban J connectivity index is 2.60. The van der Waals surface area contributed by atoms with Crippen LogP contribution >= 0.6 is 0 Å². The molecule has 1 aliphatic heterocycles. The van der Waals surface area contributed by atoms with Gasteiger partial charge in [-0.05, 0) is 148 Å². The molecule has 0 saturated heterocycles. The van der Waals surface area contributed by atoms with E-state index >= 15 is 0 Å². The van der Waals surface area contributed by atoms with Gasteiger partial charge in [-0.1, -0.05) is 12.1 Å². The van der Waals surface area contributed by atoms with Gasteiger partial charge in [0.1, 0.15) is 28.0 Å². The number of hydrogen-bond donors (Lipinski definition) is 1. The third-order valence-corrected chi connectivity index (χ3v) is 9.56. The number of amides is 3. The van der Waals surface area contributed by atoms with Gasteiger partial charge in [0.25, 0.3) is 11.8 Å². The molecule has 0 radical (unpaired) electrons. The van der Waals surface area contributed by atoms with Crippen LogP contribution in [0.4, 0.5) is 5.69 Å². The van der Waals surface area contributed by atoms with Crippen LogP contribution in [0.1, 0.15) is 136 Å². The molecule has 3 amide bonds. The number of nitrogens with one attached hydrogen (secondary N) is 1. The predicted octanol–water partition coefficient (Wildman–Crippen LogP) is 5.63. The van der Waals surface area contributed by atoms with Gasteiger partial charge in [-0.25, -0.2) is 0 Å². The summed E-state index contributed by atoms with van der Waals surface area (Å²) in [6, 6.07) is 5.82. The molecule has 1 aliphatic rings. The molecule has 69 heavy (non-hydrogen) atoms. The van der Waals surface area contributed by atoms with E-state index in [-0.39, 0.29) is 82.9 Å². The highest BCUT2D eigenvalue weighted by Crippen LogP contribution is 2.20. The summed E-state index contributed by atoms with van der Waals surface area (Å²) >= 11 is 0. The number of anilines is 1. The molecule has 1 aromatic carbocycles. The second-order valence-corrected chi connectivity index (χ2v) is 22.5. The minimum Gasteiger partial charge on any atom is -0.459 e. The largest absolute Gasteiger partial charge is 0.459 e. The Morgan fingerprint density at radius 2 is 0.913 bits per heavy atom. The standard InChI is InChI=1S/C51H81N5O13/c1-35(54(31-43(61)66-48(5,6)7)32-44(62)67-49(8,9)10)28-53(30-42(60)65-47(2,3)4)29-38(55(33-45(63)68-50(11,12)13)34-46(64)69-51(14,15)16)27-36-20-22-37(23-21-36)52-39(57)19-17-18-26-56-40(58)24-25-41(56)59/h20-25,35,38H,17-19,26-34H2,1-16H3,(H,52,57). The van der Waals surface area contributed by atoms with Crippen molar-refractivity contribution in [1.82, 2.24) is 19.6 Å². The molecule has 0 bridgehead atoms. The average molecular weight is 972 g/mol. The summed E-state index contributed by atoms with van der Waals surface area (Å²) in [5, 5.41) is 2.88. The third kappa shape index (κ3) is 26.4. The zero-order chi connectivity index (χ0) is 52.7. The number of imide groups is 1. The van der Waals surface area contributed by atoms with Crippen molar-refractivity contribution >= 4 is 53.3 Å². The van der Waals surface area contributed by atoms with E-state index in [0.717, 1.165) is 10.5 Å². The number of ether oxygens (including phenoxy) is 5. The SMILES string of the molecule is CC(CN(CC(=O)OC(C)(C)C)CC(Cc1ccc(NC(=O)CCCCN2C(=O)C=CC2=O)cc1)N(CC(=O)OC(C)(C)C)CC(=O)OC(C)(C)C)N(CC(=O)OC(C)(C)C)CC(=O)OC(C)(C)C. The van der Waals surface area contributed by atoms with Crippen LogP contribution < -0.4 is 5.32 Å². The van der Waals surface area contributed by atoms with E-state index in [2.05, 4.69) is 5.32 Å². The summed E-state index contributed by atoms with van der Waals surface area (Å²) < 4.78 is 28.6. The maximum absolute atomic E-state index is 13.7. The molecule has 2 atom stereocenters. The molecule has 0 fully saturated rings. The molecule has 0 saturated carbocycles. The first kappa shape index (κ1) is 59.9. The number of rotatable bonds is 24. The Morgan fingerprint density at radius 3 is 1.30 bits per heavy atom. The quantitative estimate of drug-likeness (QED) is 0.0576. The molecule has 18 heteroatoms. The fraction of sp³-hybridized carbons (Fsp3) is 0.686. The van der Waals surface area contributed by atoms with E-state index in [9.17, 15) is 38.4 Å². The minimum absolute atomic E-state index is 0.0606. The molecule has 0 aliphatic carbocycles. The molecule has 388 valence electrons. The van der Waals surface area contributed by atoms with Crippen molar-refractivity contribution in [1.29, 1.82) is 0 Å². The van der Waals surface area contributed by atoms with Crippen molar-refractivity contribution < 1.29 is 62.0 Å². The van der Waals surface area contributed by atoms with Crippen LogP contribution in [0, 0.1) is 0 Å². The maximum Gasteiger partial charge on any atom is 0.320 e. The fourth-order valence-corrected chi connectivity index (χ4v) is 7.12. The van der Waals surface area contributed by atoms with Gasteiger partial charge in [0, 0.05) is 56.0 Å². The molecular weight excluding hydrogens is 891 g/mol. The Kier molecular flexibility index (Phi) is 22.2. The first-order valence-electron chi connectivity index (χ1n) is 23.7. The normalized spacial score (nSPS) is 14.5. The molecule has 2 rings (SSSR count). The van der Waals surface area contributed by atoms with Gasteiger partial charge >= 0.3 is 29.8 Å². The van der Waals surface area contributed by atoms with E-state index < -0.39 is 69.9 Å². The Morgan fingerprint density at radius 1 is 0.536 bits per heavy atom. The Labute approximate surface area is 410 Å². The lowest BCUT2D eigenvalue weighted by Crippen LogP contribution is -2.54. The maximum atomic E-state index is 13.7.